The van der Waals surface area contributed by atoms with Crippen LogP contribution in [0.3, 0.4) is 0 Å². The number of nitrogen functional groups attached to an aromatic ring is 1. The Bertz CT molecular complexity index is 1170. The van der Waals surface area contributed by atoms with Gasteiger partial charge in [0.05, 0.1) is 18.9 Å². The van der Waals surface area contributed by atoms with Crippen molar-refractivity contribution in [2.75, 3.05) is 48.4 Å². The number of hydrogen-bond acceptors (Lipinski definition) is 9. The van der Waals surface area contributed by atoms with Crippen molar-refractivity contribution in [1.29, 1.82) is 0 Å². The molecule has 12 heteroatoms. The highest BCUT2D eigenvalue weighted by Crippen LogP contribution is 2.35. The number of morpholine rings is 1. The Kier molecular flexibility index (Phi) is 7.18. The van der Waals surface area contributed by atoms with Crippen molar-refractivity contribution < 1.29 is 14.3 Å². The predicted molar refractivity (Wildman–Crippen MR) is 131 cm³/mol. The van der Waals surface area contributed by atoms with E-state index in [1.54, 1.807) is 41.6 Å². The van der Waals surface area contributed by atoms with Crippen LogP contribution in [0, 0.1) is 0 Å². The molecule has 0 radical (unpaired) electrons. The molecule has 0 unspecified atom stereocenters. The summed E-state index contributed by atoms with van der Waals surface area (Å²) in [6.45, 7) is 3.17. The van der Waals surface area contributed by atoms with Crippen LogP contribution in [-0.2, 0) is 11.2 Å². The molecule has 2 amide bonds. The summed E-state index contributed by atoms with van der Waals surface area (Å²) in [5, 5.41) is -0.329. The molecular formula is C22H24N8O3S. The highest BCUT2D eigenvalue weighted by molar-refractivity contribution is 7.96. The second-order valence-corrected chi connectivity index (χ2v) is 7.90. The smallest absolute Gasteiger partial charge is 0.284 e. The average Bonchev–Trinajstić information content (AvgIpc) is 3.30. The van der Waals surface area contributed by atoms with Gasteiger partial charge in [-0.05, 0) is 18.6 Å². The number of carbonyl (C=O) groups excluding carboxylic acids is 2. The minimum absolute atomic E-state index is 0.204. The third-order valence-electron chi connectivity index (χ3n) is 5.34. The number of ether oxygens (including phenoxy) is 1. The number of amides is 2. The number of carbonyl (C=O) groups is 2. The quantitative estimate of drug-likeness (QED) is 0.474. The first-order chi connectivity index (χ1) is 16.4. The lowest BCUT2D eigenvalue weighted by atomic mass is 10.1. The summed E-state index contributed by atoms with van der Waals surface area (Å²) in [7, 11) is 0. The molecule has 0 saturated carbocycles. The molecular weight excluding hydrogens is 456 g/mol. The number of aromatic nitrogens is 4. The van der Waals surface area contributed by atoms with Gasteiger partial charge in [0.25, 0.3) is 5.24 Å². The summed E-state index contributed by atoms with van der Waals surface area (Å²) < 4.78 is 5.39. The van der Waals surface area contributed by atoms with Crippen molar-refractivity contribution >= 4 is 41.5 Å². The zero-order chi connectivity index (χ0) is 24.1. The van der Waals surface area contributed by atoms with Gasteiger partial charge in [-0.15, -0.1) is 0 Å². The molecule has 1 fully saturated rings. The summed E-state index contributed by atoms with van der Waals surface area (Å²) in [6, 6.07) is 8.76. The number of nitrogens with two attached hydrogens (primary N) is 2. The maximum atomic E-state index is 11.8. The first-order valence-corrected chi connectivity index (χ1v) is 11.1. The number of benzene rings is 1. The summed E-state index contributed by atoms with van der Waals surface area (Å²) in [6.07, 6.45) is 3.93. The number of fused-ring (bicyclic) bond motifs is 1. The maximum absolute atomic E-state index is 11.8. The van der Waals surface area contributed by atoms with Crippen molar-refractivity contribution in [1.82, 2.24) is 19.9 Å². The molecule has 1 saturated heterocycles. The largest absolute Gasteiger partial charge is 0.378 e. The molecule has 2 aromatic heterocycles. The number of primary amides is 1. The fraction of sp³-hybridized carbons (Fsp3) is 0.273. The van der Waals surface area contributed by atoms with Crippen molar-refractivity contribution in [2.45, 2.75) is 6.42 Å². The molecule has 11 nitrogen and oxygen atoms in total. The van der Waals surface area contributed by atoms with E-state index in [-0.39, 0.29) is 17.1 Å². The SMILES string of the molecule is NC(=O)c1ccccc1.Nc1ncc(-c2nc(N3CCOCC3)nc3c2CCN3C(=O)S)cn1. The van der Waals surface area contributed by atoms with Crippen molar-refractivity contribution in [3.8, 4) is 11.3 Å². The van der Waals surface area contributed by atoms with E-state index in [0.717, 1.165) is 16.8 Å². The van der Waals surface area contributed by atoms with Gasteiger partial charge in [-0.3, -0.25) is 14.5 Å². The third kappa shape index (κ3) is 5.24. The summed E-state index contributed by atoms with van der Waals surface area (Å²) in [5.74, 6) is 0.990. The van der Waals surface area contributed by atoms with E-state index in [1.807, 2.05) is 11.0 Å². The van der Waals surface area contributed by atoms with Crippen molar-refractivity contribution in [2.24, 2.45) is 5.73 Å². The molecule has 2 aliphatic rings. The third-order valence-corrected chi connectivity index (χ3v) is 5.58. The van der Waals surface area contributed by atoms with E-state index in [2.05, 4.69) is 27.6 Å². The van der Waals surface area contributed by atoms with Crippen LogP contribution in [0.5, 0.6) is 0 Å². The monoisotopic (exact) mass is 480 g/mol. The van der Waals surface area contributed by atoms with Crippen LogP contribution in [0.2, 0.25) is 0 Å². The number of nitrogens with zero attached hydrogens (tertiary/aromatic N) is 6. The summed E-state index contributed by atoms with van der Waals surface area (Å²) >= 11 is 3.97. The molecule has 5 rings (SSSR count). The lowest BCUT2D eigenvalue weighted by Crippen LogP contribution is -2.37. The molecule has 3 aromatic rings. The number of anilines is 3. The number of hydrogen-bond donors (Lipinski definition) is 3. The van der Waals surface area contributed by atoms with Gasteiger partial charge in [-0.1, -0.05) is 30.8 Å². The Balaban J connectivity index is 0.000000257. The lowest BCUT2D eigenvalue weighted by Gasteiger charge is -2.28. The zero-order valence-electron chi connectivity index (χ0n) is 18.3. The molecule has 0 bridgehead atoms. The van der Waals surface area contributed by atoms with Gasteiger partial charge in [0.15, 0.2) is 0 Å². The van der Waals surface area contributed by atoms with E-state index < -0.39 is 0 Å². The normalized spacial score (nSPS) is 14.7. The van der Waals surface area contributed by atoms with Crippen LogP contribution in [0.1, 0.15) is 15.9 Å². The van der Waals surface area contributed by atoms with Gasteiger partial charge in [0.2, 0.25) is 17.8 Å². The van der Waals surface area contributed by atoms with Gasteiger partial charge in [0, 0.05) is 48.7 Å². The van der Waals surface area contributed by atoms with E-state index in [4.69, 9.17) is 21.2 Å². The van der Waals surface area contributed by atoms with E-state index in [9.17, 15) is 9.59 Å². The van der Waals surface area contributed by atoms with Crippen LogP contribution >= 0.6 is 12.6 Å². The maximum Gasteiger partial charge on any atom is 0.284 e. The van der Waals surface area contributed by atoms with Crippen molar-refractivity contribution in [3.63, 3.8) is 0 Å². The fourth-order valence-electron chi connectivity index (χ4n) is 3.64. The molecule has 4 N–H and O–H groups in total. The molecule has 4 heterocycles. The Hall–Kier alpha value is -3.77. The molecule has 0 spiro atoms. The summed E-state index contributed by atoms with van der Waals surface area (Å²) in [4.78, 5) is 43.4. The Morgan fingerprint density at radius 2 is 1.68 bits per heavy atom. The number of rotatable bonds is 3. The second kappa shape index (κ2) is 10.4. The Morgan fingerprint density at radius 3 is 2.26 bits per heavy atom. The first-order valence-electron chi connectivity index (χ1n) is 10.6. The van der Waals surface area contributed by atoms with E-state index in [1.165, 1.54) is 0 Å². The first kappa shape index (κ1) is 23.4. The zero-order valence-corrected chi connectivity index (χ0v) is 19.2. The van der Waals surface area contributed by atoms with Gasteiger partial charge < -0.3 is 21.1 Å². The van der Waals surface area contributed by atoms with Crippen LogP contribution < -0.4 is 21.3 Å². The predicted octanol–water partition coefficient (Wildman–Crippen LogP) is 1.55. The van der Waals surface area contributed by atoms with Gasteiger partial charge in [0.1, 0.15) is 5.82 Å². The average molecular weight is 481 g/mol. The molecule has 176 valence electrons. The molecule has 1 aromatic carbocycles. The van der Waals surface area contributed by atoms with Crippen LogP contribution in [-0.4, -0.2) is 63.9 Å². The topological polar surface area (TPSA) is 153 Å². The fourth-order valence-corrected chi connectivity index (χ4v) is 3.83. The van der Waals surface area contributed by atoms with E-state index >= 15 is 0 Å². The molecule has 0 aliphatic carbocycles. The minimum Gasteiger partial charge on any atom is -0.378 e. The van der Waals surface area contributed by atoms with Gasteiger partial charge >= 0.3 is 0 Å². The molecule has 34 heavy (non-hydrogen) atoms. The van der Waals surface area contributed by atoms with E-state index in [0.29, 0.717) is 56.6 Å². The highest BCUT2D eigenvalue weighted by Gasteiger charge is 2.30. The minimum atomic E-state index is -0.379. The Labute approximate surface area is 201 Å². The molecule has 2 aliphatic heterocycles. The highest BCUT2D eigenvalue weighted by atomic mass is 32.1. The van der Waals surface area contributed by atoms with Crippen LogP contribution in [0.25, 0.3) is 11.3 Å². The van der Waals surface area contributed by atoms with Gasteiger partial charge in [-0.25, -0.2) is 15.0 Å². The number of thiol groups is 1. The summed E-state index contributed by atoms with van der Waals surface area (Å²) in [5.41, 5.74) is 13.5. The standard InChI is InChI=1S/C15H17N7O2S.C7H7NO/c16-13-17-7-9(8-18-13)11-10-1-2-22(15(23)25)12(10)20-14(19-11)21-3-5-24-6-4-21;8-7(9)6-4-2-1-3-5-6/h7-8H,1-6H2,(H,23,25)(H2,16,17,18);1-5H,(H2,8,9). The lowest BCUT2D eigenvalue weighted by molar-refractivity contribution is 0.1000. The van der Waals surface area contributed by atoms with Crippen molar-refractivity contribution in [3.05, 3.63) is 53.9 Å². The van der Waals surface area contributed by atoms with Crippen LogP contribution in [0.15, 0.2) is 42.7 Å². The second-order valence-electron chi connectivity index (χ2n) is 7.52. The van der Waals surface area contributed by atoms with Crippen LogP contribution in [0.4, 0.5) is 22.5 Å². The molecule has 0 atom stereocenters. The van der Waals surface area contributed by atoms with Gasteiger partial charge in [-0.2, -0.15) is 4.98 Å². The Morgan fingerprint density at radius 1 is 1.00 bits per heavy atom.